The number of hydrogen-bond acceptors (Lipinski definition) is 3. The first-order chi connectivity index (χ1) is 12.0. The molecule has 0 radical (unpaired) electrons. The van der Waals surface area contributed by atoms with Gasteiger partial charge in [-0.3, -0.25) is 0 Å². The van der Waals surface area contributed by atoms with E-state index in [0.717, 1.165) is 24.8 Å². The lowest BCUT2D eigenvalue weighted by Crippen LogP contribution is -1.99. The molecular formula is C20H22F2N2O. The van der Waals surface area contributed by atoms with E-state index in [2.05, 4.69) is 16.5 Å². The van der Waals surface area contributed by atoms with Crippen molar-refractivity contribution in [3.05, 3.63) is 66.0 Å². The Labute approximate surface area is 146 Å². The molecule has 3 nitrogen and oxygen atoms in total. The van der Waals surface area contributed by atoms with E-state index in [4.69, 9.17) is 0 Å². The third-order valence-corrected chi connectivity index (χ3v) is 3.74. The number of allylic oxidation sites excluding steroid dienone is 2. The molecule has 1 heterocycles. The van der Waals surface area contributed by atoms with Crippen molar-refractivity contribution in [2.75, 3.05) is 0 Å². The maximum Gasteiger partial charge on any atom is 0.170 e. The highest BCUT2D eigenvalue weighted by molar-refractivity contribution is 5.58. The number of halogens is 2. The highest BCUT2D eigenvalue weighted by Gasteiger charge is 2.15. The van der Waals surface area contributed by atoms with Crippen molar-refractivity contribution < 1.29 is 13.9 Å². The van der Waals surface area contributed by atoms with Gasteiger partial charge in [0.25, 0.3) is 0 Å². The monoisotopic (exact) mass is 344 g/mol. The second-order valence-corrected chi connectivity index (χ2v) is 5.92. The fraction of sp³-hybridized carbons (Fsp3) is 0.300. The molecule has 1 unspecified atom stereocenters. The Morgan fingerprint density at radius 2 is 1.92 bits per heavy atom. The normalized spacial score (nSPS) is 12.5. The fourth-order valence-corrected chi connectivity index (χ4v) is 2.39. The molecule has 2 rings (SSSR count). The smallest absolute Gasteiger partial charge is 0.170 e. The fourth-order valence-electron chi connectivity index (χ4n) is 2.39. The van der Waals surface area contributed by atoms with Gasteiger partial charge in [-0.15, -0.1) is 6.58 Å². The quantitative estimate of drug-likeness (QED) is 0.557. The van der Waals surface area contributed by atoms with Gasteiger partial charge in [0.1, 0.15) is 0 Å². The van der Waals surface area contributed by atoms with Crippen LogP contribution in [0.3, 0.4) is 0 Å². The van der Waals surface area contributed by atoms with Crippen LogP contribution in [0, 0.1) is 11.6 Å². The number of aromatic nitrogens is 2. The molecule has 1 aromatic carbocycles. The molecule has 1 aromatic heterocycles. The van der Waals surface area contributed by atoms with E-state index >= 15 is 0 Å². The van der Waals surface area contributed by atoms with Crippen LogP contribution in [0.1, 0.15) is 37.3 Å². The minimum absolute atomic E-state index is 0.0396. The second-order valence-electron chi connectivity index (χ2n) is 5.92. The number of nitrogens with zero attached hydrogens (tertiary/aromatic N) is 2. The van der Waals surface area contributed by atoms with E-state index in [9.17, 15) is 13.9 Å². The van der Waals surface area contributed by atoms with Gasteiger partial charge in [0.05, 0.1) is 11.7 Å². The van der Waals surface area contributed by atoms with Crippen molar-refractivity contribution in [2.45, 2.75) is 38.7 Å². The number of unbranched alkanes of at least 4 members (excludes halogenated alkanes) is 1. The Morgan fingerprint density at radius 1 is 1.20 bits per heavy atom. The molecule has 0 spiro atoms. The summed E-state index contributed by atoms with van der Waals surface area (Å²) in [5.41, 5.74) is 1.08. The SMILES string of the molecule is C=CCc1ccc(-c2ncc(/C=C/CCCC(C)O)cn2)c(F)c1F. The highest BCUT2D eigenvalue weighted by Crippen LogP contribution is 2.24. The zero-order chi connectivity index (χ0) is 18.2. The van der Waals surface area contributed by atoms with Crippen molar-refractivity contribution in [3.8, 4) is 11.4 Å². The van der Waals surface area contributed by atoms with Crippen LogP contribution in [0.15, 0.2) is 43.3 Å². The first-order valence-electron chi connectivity index (χ1n) is 8.27. The zero-order valence-electron chi connectivity index (χ0n) is 14.3. The van der Waals surface area contributed by atoms with Gasteiger partial charge in [-0.25, -0.2) is 18.7 Å². The van der Waals surface area contributed by atoms with Gasteiger partial charge in [-0.2, -0.15) is 0 Å². The van der Waals surface area contributed by atoms with Crippen molar-refractivity contribution in [1.29, 1.82) is 0 Å². The van der Waals surface area contributed by atoms with Crippen LogP contribution < -0.4 is 0 Å². The zero-order valence-corrected chi connectivity index (χ0v) is 14.3. The summed E-state index contributed by atoms with van der Waals surface area (Å²) >= 11 is 0. The molecule has 0 amide bonds. The minimum Gasteiger partial charge on any atom is -0.393 e. The number of hydrogen-bond donors (Lipinski definition) is 1. The van der Waals surface area contributed by atoms with Crippen LogP contribution in [-0.4, -0.2) is 21.2 Å². The Balaban J connectivity index is 2.08. The van der Waals surface area contributed by atoms with Crippen molar-refractivity contribution >= 4 is 6.08 Å². The summed E-state index contributed by atoms with van der Waals surface area (Å²) in [6.07, 6.45) is 11.0. The predicted octanol–water partition coefficient (Wildman–Crippen LogP) is 4.71. The summed E-state index contributed by atoms with van der Waals surface area (Å²) in [5, 5.41) is 9.19. The van der Waals surface area contributed by atoms with Gasteiger partial charge in [0.2, 0.25) is 0 Å². The Kier molecular flexibility index (Phi) is 6.95. The number of rotatable bonds is 8. The maximum atomic E-state index is 14.2. The standard InChI is InChI=1S/C20H22F2N2O/c1-3-7-16-10-11-17(19(22)18(16)21)20-23-12-15(13-24-20)9-6-4-5-8-14(2)25/h3,6,9-14,25H,1,4-5,7-8H2,2H3/b9-6+. The number of aliphatic hydroxyl groups is 1. The lowest BCUT2D eigenvalue weighted by atomic mass is 10.1. The van der Waals surface area contributed by atoms with Gasteiger partial charge < -0.3 is 5.11 Å². The number of aliphatic hydroxyl groups excluding tert-OH is 1. The number of benzene rings is 1. The molecule has 5 heteroatoms. The third kappa shape index (κ3) is 5.29. The molecule has 132 valence electrons. The topological polar surface area (TPSA) is 46.0 Å². The highest BCUT2D eigenvalue weighted by atomic mass is 19.2. The summed E-state index contributed by atoms with van der Waals surface area (Å²) in [4.78, 5) is 8.25. The van der Waals surface area contributed by atoms with Gasteiger partial charge in [-0.1, -0.05) is 24.3 Å². The molecule has 0 bridgehead atoms. The molecule has 0 fully saturated rings. The van der Waals surface area contributed by atoms with Crippen LogP contribution in [-0.2, 0) is 6.42 Å². The lowest BCUT2D eigenvalue weighted by molar-refractivity contribution is 0.182. The van der Waals surface area contributed by atoms with Crippen LogP contribution in [0.2, 0.25) is 0 Å². The molecule has 1 atom stereocenters. The summed E-state index contributed by atoms with van der Waals surface area (Å²) < 4.78 is 28.2. The van der Waals surface area contributed by atoms with E-state index in [1.807, 2.05) is 12.2 Å². The average molecular weight is 344 g/mol. The molecule has 25 heavy (non-hydrogen) atoms. The molecule has 0 saturated heterocycles. The Bertz CT molecular complexity index is 740. The van der Waals surface area contributed by atoms with Crippen LogP contribution in [0.4, 0.5) is 8.78 Å². The van der Waals surface area contributed by atoms with Gasteiger partial charge in [0, 0.05) is 18.0 Å². The third-order valence-electron chi connectivity index (χ3n) is 3.74. The molecule has 0 aliphatic carbocycles. The summed E-state index contributed by atoms with van der Waals surface area (Å²) in [5.74, 6) is -1.68. The van der Waals surface area contributed by atoms with E-state index < -0.39 is 11.6 Å². The molecule has 0 saturated carbocycles. The second kappa shape index (κ2) is 9.18. The minimum atomic E-state index is -0.944. The van der Waals surface area contributed by atoms with E-state index in [-0.39, 0.29) is 29.5 Å². The largest absolute Gasteiger partial charge is 0.393 e. The van der Waals surface area contributed by atoms with Gasteiger partial charge in [-0.05, 0) is 44.2 Å². The predicted molar refractivity (Wildman–Crippen MR) is 95.9 cm³/mol. The first kappa shape index (κ1) is 18.9. The van der Waals surface area contributed by atoms with Crippen molar-refractivity contribution in [3.63, 3.8) is 0 Å². The van der Waals surface area contributed by atoms with E-state index in [1.165, 1.54) is 18.2 Å². The average Bonchev–Trinajstić information content (AvgIpc) is 2.59. The van der Waals surface area contributed by atoms with Crippen LogP contribution >= 0.6 is 0 Å². The molecule has 0 aliphatic rings. The molecular weight excluding hydrogens is 322 g/mol. The van der Waals surface area contributed by atoms with Crippen LogP contribution in [0.5, 0.6) is 0 Å². The van der Waals surface area contributed by atoms with Gasteiger partial charge >= 0.3 is 0 Å². The Hall–Kier alpha value is -2.40. The summed E-state index contributed by atoms with van der Waals surface area (Å²) in [7, 11) is 0. The van der Waals surface area contributed by atoms with Crippen LogP contribution in [0.25, 0.3) is 17.5 Å². The van der Waals surface area contributed by atoms with Gasteiger partial charge in [0.15, 0.2) is 17.5 Å². The summed E-state index contributed by atoms with van der Waals surface area (Å²) in [6.45, 7) is 5.29. The molecule has 0 aliphatic heterocycles. The summed E-state index contributed by atoms with van der Waals surface area (Å²) in [6, 6.07) is 3.01. The molecule has 1 N–H and O–H groups in total. The Morgan fingerprint density at radius 3 is 2.56 bits per heavy atom. The maximum absolute atomic E-state index is 14.2. The van der Waals surface area contributed by atoms with E-state index in [0.29, 0.717) is 0 Å². The van der Waals surface area contributed by atoms with Crippen molar-refractivity contribution in [1.82, 2.24) is 9.97 Å². The van der Waals surface area contributed by atoms with E-state index in [1.54, 1.807) is 19.3 Å². The van der Waals surface area contributed by atoms with Crippen molar-refractivity contribution in [2.24, 2.45) is 0 Å². The molecule has 2 aromatic rings. The lowest BCUT2D eigenvalue weighted by Gasteiger charge is -2.06. The first-order valence-corrected chi connectivity index (χ1v) is 8.27.